The Morgan fingerprint density at radius 2 is 2.04 bits per heavy atom. The maximum absolute atomic E-state index is 13.4. The van der Waals surface area contributed by atoms with Crippen LogP contribution >= 0.6 is 11.6 Å². The van der Waals surface area contributed by atoms with Crippen LogP contribution < -0.4 is 4.90 Å². The van der Waals surface area contributed by atoms with E-state index in [1.165, 1.54) is 12.1 Å². The third-order valence-electron chi connectivity index (χ3n) is 4.76. The quantitative estimate of drug-likeness (QED) is 0.657. The molecule has 0 bridgehead atoms. The van der Waals surface area contributed by atoms with Crippen molar-refractivity contribution < 1.29 is 13.7 Å². The predicted octanol–water partition coefficient (Wildman–Crippen LogP) is 4.67. The second-order valence-electron chi connectivity index (χ2n) is 6.78. The number of benzene rings is 2. The summed E-state index contributed by atoms with van der Waals surface area (Å²) in [6, 6.07) is 10.2. The molecule has 0 aliphatic carbocycles. The average molecular weight is 386 g/mol. The van der Waals surface area contributed by atoms with E-state index in [9.17, 15) is 9.18 Å². The topological polar surface area (TPSA) is 59.2 Å². The summed E-state index contributed by atoms with van der Waals surface area (Å²) < 4.78 is 18.8. The molecule has 5 nitrogen and oxygen atoms in total. The third kappa shape index (κ3) is 3.32. The zero-order valence-electron chi connectivity index (χ0n) is 14.9. The van der Waals surface area contributed by atoms with Crippen LogP contribution in [0, 0.1) is 19.7 Å². The number of rotatable bonds is 3. The van der Waals surface area contributed by atoms with Gasteiger partial charge in [-0.2, -0.15) is 4.98 Å². The van der Waals surface area contributed by atoms with Gasteiger partial charge in [0.25, 0.3) is 5.89 Å². The molecule has 1 aromatic heterocycles. The summed E-state index contributed by atoms with van der Waals surface area (Å²) >= 11 is 5.84. The van der Waals surface area contributed by atoms with Crippen LogP contribution in [0.1, 0.15) is 29.3 Å². The van der Waals surface area contributed by atoms with Crippen molar-refractivity contribution in [1.29, 1.82) is 0 Å². The Hall–Kier alpha value is -2.73. The minimum absolute atomic E-state index is 0.0135. The molecule has 1 aliphatic rings. The molecule has 3 aromatic rings. The first-order chi connectivity index (χ1) is 12.9. The van der Waals surface area contributed by atoms with E-state index in [1.54, 1.807) is 11.0 Å². The van der Waals surface area contributed by atoms with E-state index < -0.39 is 5.82 Å². The fraction of sp³-hybridized carbons (Fsp3) is 0.250. The van der Waals surface area contributed by atoms with Gasteiger partial charge in [-0.25, -0.2) is 4.39 Å². The Morgan fingerprint density at radius 3 is 2.78 bits per heavy atom. The van der Waals surface area contributed by atoms with Crippen LogP contribution in [0.2, 0.25) is 5.02 Å². The number of halogens is 2. The lowest BCUT2D eigenvalue weighted by atomic mass is 10.1. The van der Waals surface area contributed by atoms with Gasteiger partial charge in [-0.05, 0) is 43.7 Å². The average Bonchev–Trinajstić information content (AvgIpc) is 3.24. The number of nitrogens with zero attached hydrogens (tertiary/aromatic N) is 3. The van der Waals surface area contributed by atoms with Gasteiger partial charge in [0.1, 0.15) is 5.82 Å². The van der Waals surface area contributed by atoms with Crippen LogP contribution in [-0.4, -0.2) is 22.6 Å². The fourth-order valence-electron chi connectivity index (χ4n) is 3.35. The summed E-state index contributed by atoms with van der Waals surface area (Å²) in [6.45, 7) is 4.41. The van der Waals surface area contributed by atoms with Crippen molar-refractivity contribution in [2.24, 2.45) is 0 Å². The van der Waals surface area contributed by atoms with E-state index in [2.05, 4.69) is 16.2 Å². The largest absolute Gasteiger partial charge is 0.334 e. The van der Waals surface area contributed by atoms with Crippen molar-refractivity contribution >= 4 is 23.2 Å². The first kappa shape index (κ1) is 17.7. The molecular weight excluding hydrogens is 369 g/mol. The molecule has 7 heteroatoms. The highest BCUT2D eigenvalue weighted by Crippen LogP contribution is 2.33. The highest BCUT2D eigenvalue weighted by atomic mass is 35.5. The van der Waals surface area contributed by atoms with Crippen LogP contribution in [0.4, 0.5) is 10.1 Å². The number of amides is 1. The molecule has 0 N–H and O–H groups in total. The van der Waals surface area contributed by atoms with Gasteiger partial charge in [-0.3, -0.25) is 4.79 Å². The number of hydrogen-bond acceptors (Lipinski definition) is 4. The Bertz CT molecular complexity index is 1030. The molecule has 1 fully saturated rings. The number of carbonyl (C=O) groups excluding carboxylic acids is 1. The summed E-state index contributed by atoms with van der Waals surface area (Å²) in [5.41, 5.74) is 3.65. The highest BCUT2D eigenvalue weighted by Gasteiger charge is 2.35. The third-order valence-corrected chi connectivity index (χ3v) is 5.05. The molecule has 2 heterocycles. The lowest BCUT2D eigenvalue weighted by Gasteiger charge is -2.16. The van der Waals surface area contributed by atoms with Gasteiger partial charge in [0.15, 0.2) is 5.82 Å². The summed E-state index contributed by atoms with van der Waals surface area (Å²) in [5, 5.41) is 4.07. The van der Waals surface area contributed by atoms with Crippen LogP contribution in [0.5, 0.6) is 0 Å². The van der Waals surface area contributed by atoms with Crippen LogP contribution in [0.25, 0.3) is 11.5 Å². The zero-order valence-corrected chi connectivity index (χ0v) is 15.6. The van der Waals surface area contributed by atoms with Gasteiger partial charge < -0.3 is 9.42 Å². The number of carbonyl (C=O) groups is 1. The summed E-state index contributed by atoms with van der Waals surface area (Å²) in [7, 11) is 0. The predicted molar refractivity (Wildman–Crippen MR) is 100 cm³/mol. The minimum Gasteiger partial charge on any atom is -0.334 e. The van der Waals surface area contributed by atoms with Crippen LogP contribution in [0.3, 0.4) is 0 Å². The summed E-state index contributed by atoms with van der Waals surface area (Å²) in [4.78, 5) is 18.5. The second-order valence-corrected chi connectivity index (χ2v) is 7.19. The van der Waals surface area contributed by atoms with Gasteiger partial charge in [0.05, 0.1) is 5.02 Å². The Labute approximate surface area is 160 Å². The Kier molecular flexibility index (Phi) is 4.44. The molecule has 0 spiro atoms. The monoisotopic (exact) mass is 385 g/mol. The van der Waals surface area contributed by atoms with E-state index in [1.807, 2.05) is 26.0 Å². The van der Waals surface area contributed by atoms with E-state index in [0.717, 1.165) is 16.7 Å². The molecule has 0 radical (unpaired) electrons. The van der Waals surface area contributed by atoms with Crippen molar-refractivity contribution in [3.05, 3.63) is 64.2 Å². The van der Waals surface area contributed by atoms with Crippen molar-refractivity contribution in [2.75, 3.05) is 11.4 Å². The van der Waals surface area contributed by atoms with Crippen molar-refractivity contribution in [1.82, 2.24) is 10.1 Å². The smallest absolute Gasteiger partial charge is 0.258 e. The minimum atomic E-state index is -0.514. The van der Waals surface area contributed by atoms with Gasteiger partial charge >= 0.3 is 0 Å². The van der Waals surface area contributed by atoms with E-state index in [4.69, 9.17) is 16.1 Å². The van der Waals surface area contributed by atoms with Crippen molar-refractivity contribution in [2.45, 2.75) is 26.2 Å². The number of aromatic nitrogens is 2. The molecule has 4 rings (SSSR count). The number of anilines is 1. The normalized spacial score (nSPS) is 17.0. The van der Waals surface area contributed by atoms with Gasteiger partial charge in [0, 0.05) is 30.1 Å². The Morgan fingerprint density at radius 1 is 1.22 bits per heavy atom. The molecule has 0 unspecified atom stereocenters. The molecule has 1 atom stereocenters. The number of hydrogen-bond donors (Lipinski definition) is 0. The Balaban J connectivity index is 1.57. The number of aryl methyl sites for hydroxylation is 2. The molecule has 1 saturated heterocycles. The van der Waals surface area contributed by atoms with Gasteiger partial charge in [0.2, 0.25) is 5.91 Å². The lowest BCUT2D eigenvalue weighted by Crippen LogP contribution is -2.24. The molecule has 27 heavy (non-hydrogen) atoms. The SMILES string of the molecule is Cc1ccc(-c2nc([C@H]3CC(=O)N(c4ccc(F)c(Cl)c4)C3)no2)c(C)c1. The molecular formula is C20H17ClFN3O2. The van der Waals surface area contributed by atoms with Crippen LogP contribution in [0.15, 0.2) is 40.9 Å². The zero-order chi connectivity index (χ0) is 19.1. The molecule has 2 aromatic carbocycles. The first-order valence-corrected chi connectivity index (χ1v) is 8.97. The van der Waals surface area contributed by atoms with Crippen LogP contribution in [-0.2, 0) is 4.79 Å². The fourth-order valence-corrected chi connectivity index (χ4v) is 3.52. The molecule has 1 aliphatic heterocycles. The second kappa shape index (κ2) is 6.78. The van der Waals surface area contributed by atoms with Gasteiger partial charge in [-0.1, -0.05) is 34.5 Å². The van der Waals surface area contributed by atoms with E-state index in [0.29, 0.717) is 23.9 Å². The highest BCUT2D eigenvalue weighted by molar-refractivity contribution is 6.31. The lowest BCUT2D eigenvalue weighted by molar-refractivity contribution is -0.117. The molecule has 0 saturated carbocycles. The van der Waals surface area contributed by atoms with Crippen molar-refractivity contribution in [3.8, 4) is 11.5 Å². The maximum Gasteiger partial charge on any atom is 0.258 e. The summed E-state index contributed by atoms with van der Waals surface area (Å²) in [6.07, 6.45) is 0.265. The maximum atomic E-state index is 13.4. The molecule has 138 valence electrons. The first-order valence-electron chi connectivity index (χ1n) is 8.59. The van der Waals surface area contributed by atoms with E-state index >= 15 is 0 Å². The standard InChI is InChI=1S/C20H17ClFN3O2/c1-11-3-5-15(12(2)7-11)20-23-19(24-27-20)13-8-18(26)25(10-13)14-4-6-17(22)16(21)9-14/h3-7,9,13H,8,10H2,1-2H3/t13-/m0/s1. The van der Waals surface area contributed by atoms with Gasteiger partial charge in [-0.15, -0.1) is 0 Å². The van der Waals surface area contributed by atoms with E-state index in [-0.39, 0.29) is 23.3 Å². The summed E-state index contributed by atoms with van der Waals surface area (Å²) in [5.74, 6) is 0.150. The molecule has 1 amide bonds. The van der Waals surface area contributed by atoms with Crippen molar-refractivity contribution in [3.63, 3.8) is 0 Å².